The molecule has 1 unspecified atom stereocenters. The molecule has 1 fully saturated rings. The quantitative estimate of drug-likeness (QED) is 0.347. The molecule has 5 nitrogen and oxygen atoms in total. The molecule has 1 saturated carbocycles. The average Bonchev–Trinajstić information content (AvgIpc) is 2.85. The average molecular weight is 269 g/mol. The van der Waals surface area contributed by atoms with E-state index >= 15 is 0 Å². The predicted molar refractivity (Wildman–Crippen MR) is 76.0 cm³/mol. The molecule has 3 N–H and O–H groups in total. The first-order chi connectivity index (χ1) is 8.85. The summed E-state index contributed by atoms with van der Waals surface area (Å²) in [5.41, 5.74) is 5.02. The van der Waals surface area contributed by atoms with Gasteiger partial charge in [0, 0.05) is 13.1 Å². The molecule has 1 amide bonds. The van der Waals surface area contributed by atoms with Crippen LogP contribution < -0.4 is 5.73 Å². The molecule has 0 radical (unpaired) electrons. The Hall–Kier alpha value is -1.26. The van der Waals surface area contributed by atoms with Crippen molar-refractivity contribution < 1.29 is 10.0 Å². The summed E-state index contributed by atoms with van der Waals surface area (Å²) < 4.78 is 0. The molecule has 1 atom stereocenters. The van der Waals surface area contributed by atoms with Crippen LogP contribution in [0.4, 0.5) is 0 Å². The lowest BCUT2D eigenvalue weighted by Crippen LogP contribution is -2.51. The molecule has 0 spiro atoms. The van der Waals surface area contributed by atoms with Crippen molar-refractivity contribution in [3.8, 4) is 0 Å². The molecule has 0 aromatic carbocycles. The minimum Gasteiger partial charge on any atom is -0.409 e. The van der Waals surface area contributed by atoms with E-state index in [1.54, 1.807) is 4.90 Å². The topological polar surface area (TPSA) is 78.9 Å². The number of nitrogens with two attached hydrogens (primary N) is 1. The highest BCUT2D eigenvalue weighted by Gasteiger charge is 2.47. The predicted octanol–water partition coefficient (Wildman–Crippen LogP) is 2.19. The summed E-state index contributed by atoms with van der Waals surface area (Å²) in [7, 11) is 1.82. The second-order valence-electron chi connectivity index (χ2n) is 6.17. The van der Waals surface area contributed by atoms with Gasteiger partial charge in [-0.2, -0.15) is 0 Å². The lowest BCUT2D eigenvalue weighted by Gasteiger charge is -2.35. The standard InChI is InChI=1S/C14H27N3O2/c1-10(2)9-11(3)17(4)13(18)14(12(15)16-19)7-5-6-8-14/h10-11,19H,5-9H2,1-4H3,(H2,15,16). The molecule has 19 heavy (non-hydrogen) atoms. The van der Waals surface area contributed by atoms with Crippen LogP contribution in [0.25, 0.3) is 0 Å². The molecular formula is C14H27N3O2. The van der Waals surface area contributed by atoms with Crippen LogP contribution in [0.3, 0.4) is 0 Å². The number of nitrogens with zero attached hydrogens (tertiary/aromatic N) is 2. The van der Waals surface area contributed by atoms with Crippen LogP contribution in [0, 0.1) is 11.3 Å². The van der Waals surface area contributed by atoms with Crippen molar-refractivity contribution in [3.05, 3.63) is 0 Å². The molecule has 1 aliphatic rings. The fourth-order valence-electron chi connectivity index (χ4n) is 3.03. The molecule has 1 rings (SSSR count). The van der Waals surface area contributed by atoms with Crippen molar-refractivity contribution in [2.45, 2.75) is 58.9 Å². The fraction of sp³-hybridized carbons (Fsp3) is 0.857. The van der Waals surface area contributed by atoms with Gasteiger partial charge in [-0.15, -0.1) is 0 Å². The SMILES string of the molecule is CC(C)CC(C)N(C)C(=O)C1(C(N)=NO)CCCC1. The number of carbonyl (C=O) groups is 1. The van der Waals surface area contributed by atoms with E-state index < -0.39 is 5.41 Å². The van der Waals surface area contributed by atoms with E-state index in [9.17, 15) is 4.79 Å². The summed E-state index contributed by atoms with van der Waals surface area (Å²) >= 11 is 0. The monoisotopic (exact) mass is 269 g/mol. The maximum Gasteiger partial charge on any atom is 0.236 e. The van der Waals surface area contributed by atoms with E-state index in [1.165, 1.54) is 0 Å². The normalized spacial score (nSPS) is 20.6. The van der Waals surface area contributed by atoms with E-state index in [0.717, 1.165) is 19.3 Å². The first kappa shape index (κ1) is 15.8. The van der Waals surface area contributed by atoms with Gasteiger partial charge in [-0.1, -0.05) is 31.8 Å². The first-order valence-corrected chi connectivity index (χ1v) is 7.10. The van der Waals surface area contributed by atoms with Crippen LogP contribution in [0.2, 0.25) is 0 Å². The third-order valence-electron chi connectivity index (χ3n) is 4.26. The van der Waals surface area contributed by atoms with E-state index in [-0.39, 0.29) is 17.8 Å². The molecule has 5 heteroatoms. The third kappa shape index (κ3) is 3.19. The van der Waals surface area contributed by atoms with Crippen LogP contribution in [0.5, 0.6) is 0 Å². The largest absolute Gasteiger partial charge is 0.409 e. The van der Waals surface area contributed by atoms with Gasteiger partial charge in [-0.3, -0.25) is 4.79 Å². The molecule has 0 heterocycles. The zero-order valence-electron chi connectivity index (χ0n) is 12.5. The van der Waals surface area contributed by atoms with Crippen molar-refractivity contribution in [1.82, 2.24) is 4.90 Å². The summed E-state index contributed by atoms with van der Waals surface area (Å²) in [6.07, 6.45) is 4.22. The number of amidine groups is 1. The van der Waals surface area contributed by atoms with Crippen LogP contribution >= 0.6 is 0 Å². The summed E-state index contributed by atoms with van der Waals surface area (Å²) in [5, 5.41) is 12.1. The molecule has 1 aliphatic carbocycles. The Morgan fingerprint density at radius 3 is 2.32 bits per heavy atom. The van der Waals surface area contributed by atoms with E-state index in [2.05, 4.69) is 19.0 Å². The fourth-order valence-corrected chi connectivity index (χ4v) is 3.03. The highest BCUT2D eigenvalue weighted by molar-refractivity contribution is 6.07. The summed E-state index contributed by atoms with van der Waals surface area (Å²) in [4.78, 5) is 14.5. The molecule has 0 aliphatic heterocycles. The van der Waals surface area contributed by atoms with Crippen molar-refractivity contribution in [3.63, 3.8) is 0 Å². The Balaban J connectivity index is 2.89. The molecule has 0 saturated heterocycles. The number of carbonyl (C=O) groups excluding carboxylic acids is 1. The van der Waals surface area contributed by atoms with Crippen molar-refractivity contribution >= 4 is 11.7 Å². The molecule has 0 aromatic rings. The van der Waals surface area contributed by atoms with E-state index in [1.807, 2.05) is 14.0 Å². The summed E-state index contributed by atoms with van der Waals surface area (Å²) in [5.74, 6) is 0.598. The van der Waals surface area contributed by atoms with Gasteiger partial charge in [-0.25, -0.2) is 0 Å². The van der Waals surface area contributed by atoms with Crippen molar-refractivity contribution in [2.24, 2.45) is 22.2 Å². The van der Waals surface area contributed by atoms with Gasteiger partial charge in [0.25, 0.3) is 0 Å². The van der Waals surface area contributed by atoms with Crippen LogP contribution in [-0.4, -0.2) is 34.9 Å². The van der Waals surface area contributed by atoms with Crippen LogP contribution in [-0.2, 0) is 4.79 Å². The number of oxime groups is 1. The Kier molecular flexibility index (Phi) is 5.20. The van der Waals surface area contributed by atoms with E-state index in [4.69, 9.17) is 10.9 Å². The number of amides is 1. The van der Waals surface area contributed by atoms with Gasteiger partial charge >= 0.3 is 0 Å². The van der Waals surface area contributed by atoms with E-state index in [0.29, 0.717) is 18.8 Å². The van der Waals surface area contributed by atoms with Crippen molar-refractivity contribution in [2.75, 3.05) is 7.05 Å². The summed E-state index contributed by atoms with van der Waals surface area (Å²) in [6.45, 7) is 6.33. The van der Waals surface area contributed by atoms with Gasteiger partial charge in [0.1, 0.15) is 5.41 Å². The van der Waals surface area contributed by atoms with Gasteiger partial charge in [0.05, 0.1) is 0 Å². The van der Waals surface area contributed by atoms with Crippen molar-refractivity contribution in [1.29, 1.82) is 0 Å². The van der Waals surface area contributed by atoms with Gasteiger partial charge in [0.15, 0.2) is 5.84 Å². The van der Waals surface area contributed by atoms with Crippen LogP contribution in [0.1, 0.15) is 52.9 Å². The third-order valence-corrected chi connectivity index (χ3v) is 4.26. The second-order valence-corrected chi connectivity index (χ2v) is 6.17. The maximum atomic E-state index is 12.7. The number of hydrogen-bond acceptors (Lipinski definition) is 3. The maximum absolute atomic E-state index is 12.7. The minimum atomic E-state index is -0.783. The number of rotatable bonds is 5. The first-order valence-electron chi connectivity index (χ1n) is 7.10. The second kappa shape index (κ2) is 6.26. The van der Waals surface area contributed by atoms with Gasteiger partial charge in [0.2, 0.25) is 5.91 Å². The molecule has 0 bridgehead atoms. The van der Waals surface area contributed by atoms with Gasteiger partial charge < -0.3 is 15.8 Å². The zero-order chi connectivity index (χ0) is 14.6. The lowest BCUT2D eigenvalue weighted by atomic mass is 9.82. The minimum absolute atomic E-state index is 0.00606. The zero-order valence-corrected chi connectivity index (χ0v) is 12.5. The van der Waals surface area contributed by atoms with Crippen LogP contribution in [0.15, 0.2) is 5.16 Å². The Morgan fingerprint density at radius 1 is 1.37 bits per heavy atom. The Labute approximate surface area is 115 Å². The molecule has 0 aromatic heterocycles. The molecular weight excluding hydrogens is 242 g/mol. The highest BCUT2D eigenvalue weighted by atomic mass is 16.4. The highest BCUT2D eigenvalue weighted by Crippen LogP contribution is 2.40. The Morgan fingerprint density at radius 2 is 1.89 bits per heavy atom. The Bertz CT molecular complexity index is 347. The molecule has 110 valence electrons. The summed E-state index contributed by atoms with van der Waals surface area (Å²) in [6, 6.07) is 0.163. The number of hydrogen-bond donors (Lipinski definition) is 2. The smallest absolute Gasteiger partial charge is 0.236 e. The van der Waals surface area contributed by atoms with Gasteiger partial charge in [-0.05, 0) is 32.1 Å². The lowest BCUT2D eigenvalue weighted by molar-refractivity contribution is -0.139.